The van der Waals surface area contributed by atoms with Crippen molar-refractivity contribution in [1.82, 2.24) is 0 Å². The number of ether oxygens (including phenoxy) is 1. The van der Waals surface area contributed by atoms with Gasteiger partial charge in [-0.1, -0.05) is 106 Å². The van der Waals surface area contributed by atoms with Crippen LogP contribution in [0.3, 0.4) is 0 Å². The molecule has 3 aliphatic carbocycles. The van der Waals surface area contributed by atoms with Crippen LogP contribution < -0.4 is 4.74 Å². The molecule has 0 unspecified atom stereocenters. The second kappa shape index (κ2) is 19.2. The molecule has 0 aromatic heterocycles. The maximum atomic E-state index is 11.8. The fourth-order valence-corrected chi connectivity index (χ4v) is 6.21. The summed E-state index contributed by atoms with van der Waals surface area (Å²) in [6, 6.07) is 25.3. The Morgan fingerprint density at radius 3 is 1.22 bits per heavy atom. The third-order valence-electron chi connectivity index (χ3n) is 9.23. The molecule has 0 atom stereocenters. The van der Waals surface area contributed by atoms with Crippen molar-refractivity contribution < 1.29 is 33.5 Å². The zero-order chi connectivity index (χ0) is 35.7. The average Bonchev–Trinajstić information content (AvgIpc) is 3.10. The molecule has 3 aromatic rings. The Bertz CT molecular complexity index is 1730. The third kappa shape index (κ3) is 10.8. The predicted octanol–water partition coefficient (Wildman–Crippen LogP) is 8.75. The van der Waals surface area contributed by atoms with Crippen molar-refractivity contribution in [2.24, 2.45) is 0 Å². The topological polar surface area (TPSA) is 112 Å². The highest BCUT2D eigenvalue weighted by Crippen LogP contribution is 2.33. The third-order valence-corrected chi connectivity index (χ3v) is 9.23. The molecule has 7 nitrogen and oxygen atoms in total. The van der Waals surface area contributed by atoms with E-state index in [1.54, 1.807) is 20.1 Å². The van der Waals surface area contributed by atoms with E-state index in [-0.39, 0.29) is 78.5 Å². The van der Waals surface area contributed by atoms with Gasteiger partial charge in [-0.05, 0) is 60.4 Å². The number of carbonyl (C=O) groups is 6. The Morgan fingerprint density at radius 1 is 0.529 bits per heavy atom. The molecule has 0 N–H and O–H groups in total. The Morgan fingerprint density at radius 2 is 0.863 bits per heavy atom. The van der Waals surface area contributed by atoms with Crippen molar-refractivity contribution in [2.75, 3.05) is 7.11 Å². The number of carbonyl (C=O) groups excluding carboxylic acids is 6. The second-order valence-electron chi connectivity index (χ2n) is 12.6. The van der Waals surface area contributed by atoms with Crippen molar-refractivity contribution >= 4 is 34.7 Å². The Hall–Kier alpha value is -5.30. The highest BCUT2D eigenvalue weighted by Gasteiger charge is 2.32. The average molecular weight is 691 g/mol. The van der Waals surface area contributed by atoms with Gasteiger partial charge in [-0.2, -0.15) is 0 Å². The van der Waals surface area contributed by atoms with Crippen molar-refractivity contribution in [1.29, 1.82) is 0 Å². The van der Waals surface area contributed by atoms with Gasteiger partial charge in [0.1, 0.15) is 5.75 Å². The Balaban J connectivity index is 0.000000261. The van der Waals surface area contributed by atoms with Gasteiger partial charge in [-0.25, -0.2) is 0 Å². The van der Waals surface area contributed by atoms with Crippen LogP contribution in [0.25, 0.3) is 0 Å². The van der Waals surface area contributed by atoms with Gasteiger partial charge in [-0.15, -0.1) is 0 Å². The summed E-state index contributed by atoms with van der Waals surface area (Å²) in [7, 11) is 1.60. The highest BCUT2D eigenvalue weighted by molar-refractivity contribution is 6.23. The summed E-state index contributed by atoms with van der Waals surface area (Å²) in [5.74, 6) is 0.307. The maximum Gasteiger partial charge on any atom is 0.166 e. The van der Waals surface area contributed by atoms with E-state index in [1.165, 1.54) is 5.56 Å². The molecule has 3 saturated carbocycles. The summed E-state index contributed by atoms with van der Waals surface area (Å²) < 4.78 is 5.07. The normalized spacial score (nSPS) is 18.0. The van der Waals surface area contributed by atoms with Crippen LogP contribution in [0.2, 0.25) is 0 Å². The standard InChI is InChI=1S/C15H16O2.C14H14O3.C13H12O2.2CH4/c1-3-13-14(16)8-12(9-15(13)17)11-6-4-10(2)5-7-11;1-9-13(15)7-11(8-14(9)16)10-3-5-12(17-2)6-4-10;1-9-12(14)7-11(8-13(9)15)10-5-3-2-4-6-10;;/h3-7,12H,8-9H2,1-2H3;3-6,11H,1,7-8H2,2H3;2-6,11H,1,7-8H2;2*1H4. The fraction of sp³-hybridized carbons (Fsp3) is 0.318. The minimum absolute atomic E-state index is 0. The van der Waals surface area contributed by atoms with E-state index in [9.17, 15) is 28.8 Å². The molecular weight excluding hydrogens is 640 g/mol. The van der Waals surface area contributed by atoms with Crippen LogP contribution in [0.5, 0.6) is 5.75 Å². The SMILES string of the molecule is C.C.C=C1C(=O)CC(c2ccc(OC)cc2)CC1=O.C=C1C(=O)CC(c2ccccc2)CC1=O.CC=C1C(=O)CC(c2ccc(C)cc2)CC1=O. The first-order chi connectivity index (χ1) is 23.4. The van der Waals surface area contributed by atoms with E-state index in [0.29, 0.717) is 44.1 Å². The van der Waals surface area contributed by atoms with Gasteiger partial charge in [0.05, 0.1) is 23.8 Å². The summed E-state index contributed by atoms with van der Waals surface area (Å²) in [5, 5.41) is 0. The zero-order valence-corrected chi connectivity index (χ0v) is 28.3. The van der Waals surface area contributed by atoms with Crippen LogP contribution in [0, 0.1) is 6.92 Å². The summed E-state index contributed by atoms with van der Waals surface area (Å²) >= 11 is 0. The zero-order valence-electron chi connectivity index (χ0n) is 28.3. The molecule has 0 bridgehead atoms. The van der Waals surface area contributed by atoms with Crippen molar-refractivity contribution in [3.63, 3.8) is 0 Å². The molecule has 0 amide bonds. The second-order valence-corrected chi connectivity index (χ2v) is 12.6. The number of hydrogen-bond acceptors (Lipinski definition) is 7. The van der Waals surface area contributed by atoms with E-state index in [0.717, 1.165) is 22.4 Å². The van der Waals surface area contributed by atoms with Crippen molar-refractivity contribution in [2.45, 2.75) is 85.0 Å². The smallest absolute Gasteiger partial charge is 0.166 e. The first-order valence-corrected chi connectivity index (χ1v) is 16.4. The first kappa shape index (κ1) is 41.9. The van der Waals surface area contributed by atoms with Crippen molar-refractivity contribution in [3.8, 4) is 5.75 Å². The van der Waals surface area contributed by atoms with Gasteiger partial charge in [0.15, 0.2) is 34.7 Å². The van der Waals surface area contributed by atoms with Gasteiger partial charge < -0.3 is 4.74 Å². The lowest BCUT2D eigenvalue weighted by Gasteiger charge is -2.22. The summed E-state index contributed by atoms with van der Waals surface area (Å²) in [6.45, 7) is 10.8. The van der Waals surface area contributed by atoms with E-state index in [4.69, 9.17) is 4.74 Å². The number of hydrogen-bond donors (Lipinski definition) is 0. The van der Waals surface area contributed by atoms with Gasteiger partial charge in [0.2, 0.25) is 0 Å². The number of rotatable bonds is 4. The molecule has 6 rings (SSSR count). The molecule has 3 aliphatic rings. The Kier molecular flexibility index (Phi) is 15.8. The molecular formula is C44H50O7. The van der Waals surface area contributed by atoms with E-state index < -0.39 is 0 Å². The molecule has 0 aliphatic heterocycles. The number of ketones is 6. The molecule has 0 radical (unpaired) electrons. The monoisotopic (exact) mass is 690 g/mol. The fourth-order valence-electron chi connectivity index (χ4n) is 6.21. The van der Waals surface area contributed by atoms with Crippen LogP contribution in [-0.4, -0.2) is 41.8 Å². The van der Waals surface area contributed by atoms with Gasteiger partial charge in [0.25, 0.3) is 0 Å². The molecule has 0 spiro atoms. The van der Waals surface area contributed by atoms with Crippen LogP contribution >= 0.6 is 0 Å². The van der Waals surface area contributed by atoms with E-state index in [2.05, 4.69) is 13.2 Å². The van der Waals surface area contributed by atoms with Gasteiger partial charge >= 0.3 is 0 Å². The molecule has 0 saturated heterocycles. The molecule has 0 heterocycles. The molecule has 51 heavy (non-hydrogen) atoms. The minimum atomic E-state index is -0.137. The number of Topliss-reactive ketones (excluding diaryl/α,β-unsaturated/α-hetero) is 6. The number of benzene rings is 3. The summed E-state index contributed by atoms with van der Waals surface area (Å²) in [6.07, 6.45) is 4.11. The Labute approximate surface area is 302 Å². The van der Waals surface area contributed by atoms with Crippen LogP contribution in [0.1, 0.15) is 100 Å². The van der Waals surface area contributed by atoms with Gasteiger partial charge in [0, 0.05) is 38.5 Å². The van der Waals surface area contributed by atoms with Crippen LogP contribution in [-0.2, 0) is 28.8 Å². The van der Waals surface area contributed by atoms with E-state index >= 15 is 0 Å². The maximum absolute atomic E-state index is 11.8. The molecule has 7 heteroatoms. The lowest BCUT2D eigenvalue weighted by Crippen LogP contribution is -2.24. The highest BCUT2D eigenvalue weighted by atomic mass is 16.5. The van der Waals surface area contributed by atoms with Gasteiger partial charge in [-0.3, -0.25) is 28.8 Å². The largest absolute Gasteiger partial charge is 0.497 e. The number of allylic oxidation sites excluding steroid dienone is 4. The minimum Gasteiger partial charge on any atom is -0.497 e. The summed E-state index contributed by atoms with van der Waals surface area (Å²) in [5.41, 5.74) is 5.04. The van der Waals surface area contributed by atoms with Crippen molar-refractivity contribution in [3.05, 3.63) is 137 Å². The molecule has 3 fully saturated rings. The summed E-state index contributed by atoms with van der Waals surface area (Å²) in [4.78, 5) is 69.7. The lowest BCUT2D eigenvalue weighted by molar-refractivity contribution is -0.126. The predicted molar refractivity (Wildman–Crippen MR) is 202 cm³/mol. The lowest BCUT2D eigenvalue weighted by atomic mass is 9.80. The molecule has 268 valence electrons. The first-order valence-electron chi connectivity index (χ1n) is 16.4. The quantitative estimate of drug-likeness (QED) is 0.199. The van der Waals surface area contributed by atoms with Crippen LogP contribution in [0.4, 0.5) is 0 Å². The molecule has 3 aromatic carbocycles. The van der Waals surface area contributed by atoms with Crippen LogP contribution in [0.15, 0.2) is 115 Å². The van der Waals surface area contributed by atoms with E-state index in [1.807, 2.05) is 85.8 Å². The number of methoxy groups -OCH3 is 1. The number of aryl methyl sites for hydroxylation is 1.